The molecular weight excluding hydrogens is 703 g/mol. The van der Waals surface area contributed by atoms with Crippen LogP contribution in [0.3, 0.4) is 0 Å². The van der Waals surface area contributed by atoms with Crippen LogP contribution >= 0.6 is 0 Å². The third-order valence-electron chi connectivity index (χ3n) is 8.42. The van der Waals surface area contributed by atoms with Gasteiger partial charge in [0.15, 0.2) is 0 Å². The molecule has 0 spiro atoms. The van der Waals surface area contributed by atoms with Gasteiger partial charge in [-0.1, -0.05) is 18.2 Å². The quantitative estimate of drug-likeness (QED) is 0.186. The minimum atomic E-state index is -4.11. The van der Waals surface area contributed by atoms with E-state index < -0.39 is 58.9 Å². The monoisotopic (exact) mass is 735 g/mol. The second kappa shape index (κ2) is 15.2. The van der Waals surface area contributed by atoms with E-state index in [2.05, 4.69) is 20.4 Å². The van der Waals surface area contributed by atoms with Crippen LogP contribution in [-0.4, -0.2) is 71.8 Å². The normalized spacial score (nSPS) is 15.9. The first-order valence-electron chi connectivity index (χ1n) is 16.0. The number of carbonyl (C=O) groups is 3. The molecule has 5 aromatic rings. The van der Waals surface area contributed by atoms with Gasteiger partial charge in [0.2, 0.25) is 11.8 Å². The van der Waals surface area contributed by atoms with Gasteiger partial charge in [-0.25, -0.2) is 16.8 Å². The topological polar surface area (TPSA) is 149 Å². The summed E-state index contributed by atoms with van der Waals surface area (Å²) in [4.78, 5) is 44.9. The van der Waals surface area contributed by atoms with Crippen molar-refractivity contribution in [2.75, 3.05) is 13.1 Å². The van der Waals surface area contributed by atoms with Crippen LogP contribution in [0.15, 0.2) is 102 Å². The van der Waals surface area contributed by atoms with Crippen LogP contribution < -0.4 is 15.4 Å². The number of aromatic nitrogens is 2. The number of rotatable bonds is 12. The molecule has 0 bridgehead atoms. The third-order valence-corrected chi connectivity index (χ3v) is 10.2. The summed E-state index contributed by atoms with van der Waals surface area (Å²) < 4.78 is 78.6. The Morgan fingerprint density at radius 1 is 0.981 bits per heavy atom. The predicted molar refractivity (Wildman–Crippen MR) is 182 cm³/mol. The van der Waals surface area contributed by atoms with Crippen molar-refractivity contribution in [1.29, 1.82) is 0 Å². The van der Waals surface area contributed by atoms with Crippen LogP contribution in [0.5, 0.6) is 11.5 Å². The number of ether oxygens (including phenoxy) is 2. The molecular formula is C36H32F3N5O7S. The van der Waals surface area contributed by atoms with Gasteiger partial charge in [-0.15, -0.1) is 0 Å². The minimum absolute atomic E-state index is 0.0165. The third kappa shape index (κ3) is 7.92. The zero-order valence-corrected chi connectivity index (χ0v) is 28.4. The summed E-state index contributed by atoms with van der Waals surface area (Å²) in [7, 11) is -4.11. The Morgan fingerprint density at radius 2 is 1.73 bits per heavy atom. The number of fused-ring (bicyclic) bond motifs is 1. The molecule has 0 radical (unpaired) electrons. The molecule has 270 valence electrons. The van der Waals surface area contributed by atoms with Gasteiger partial charge >= 0.3 is 6.61 Å². The summed E-state index contributed by atoms with van der Waals surface area (Å²) in [5.74, 6) is -1.68. The van der Waals surface area contributed by atoms with Crippen molar-refractivity contribution in [1.82, 2.24) is 24.5 Å². The number of hydrogen-bond acceptors (Lipinski definition) is 8. The van der Waals surface area contributed by atoms with Crippen molar-refractivity contribution in [3.8, 4) is 11.5 Å². The predicted octanol–water partition coefficient (Wildman–Crippen LogP) is 4.77. The van der Waals surface area contributed by atoms with E-state index in [1.165, 1.54) is 73.1 Å². The number of alkyl halides is 2. The van der Waals surface area contributed by atoms with Crippen molar-refractivity contribution in [3.63, 3.8) is 0 Å². The standard InChI is InChI=1S/C36H32F3N5O7S/c1-22-15-25(37)9-12-32(22)50-27-10-7-23(8-11-27)34(46)42-20-33(45)43-21-28(51-36(38)39)17-31(43)35(47)41-19-26-16-24-18-40-14-13-30(24)44(26)52(48,49)29-5-3-2-4-6-29/h2-16,18,28,31,36H,17,19-21H2,1H3,(H,41,47)(H,42,46)/t28-,31+/m1/s1. The number of pyridine rings is 1. The highest BCUT2D eigenvalue weighted by Gasteiger charge is 2.41. The lowest BCUT2D eigenvalue weighted by atomic mass is 10.1. The highest BCUT2D eigenvalue weighted by Crippen LogP contribution is 2.28. The summed E-state index contributed by atoms with van der Waals surface area (Å²) in [5, 5.41) is 5.62. The fourth-order valence-electron chi connectivity index (χ4n) is 5.94. The molecule has 1 fully saturated rings. The van der Waals surface area contributed by atoms with E-state index >= 15 is 0 Å². The highest BCUT2D eigenvalue weighted by molar-refractivity contribution is 7.90. The summed E-state index contributed by atoms with van der Waals surface area (Å²) in [6.45, 7) is -2.68. The van der Waals surface area contributed by atoms with E-state index in [4.69, 9.17) is 4.74 Å². The Labute approximate surface area is 296 Å². The molecule has 0 aliphatic carbocycles. The number of likely N-dealkylation sites (tertiary alicyclic amines) is 1. The lowest BCUT2D eigenvalue weighted by Crippen LogP contribution is -2.49. The Bertz CT molecular complexity index is 2220. The van der Waals surface area contributed by atoms with Gasteiger partial charge in [0, 0.05) is 36.3 Å². The average Bonchev–Trinajstić information content (AvgIpc) is 3.73. The number of nitrogens with one attached hydrogen (secondary N) is 2. The molecule has 3 amide bonds. The molecule has 1 aliphatic heterocycles. The number of halogens is 3. The molecule has 3 aromatic carbocycles. The van der Waals surface area contributed by atoms with Gasteiger partial charge in [-0.2, -0.15) is 8.78 Å². The molecule has 3 heterocycles. The van der Waals surface area contributed by atoms with Crippen molar-refractivity contribution < 1.29 is 45.4 Å². The molecule has 0 unspecified atom stereocenters. The fourth-order valence-corrected chi connectivity index (χ4v) is 7.51. The van der Waals surface area contributed by atoms with Gasteiger partial charge in [0.05, 0.1) is 35.3 Å². The van der Waals surface area contributed by atoms with Crippen molar-refractivity contribution in [2.24, 2.45) is 0 Å². The molecule has 2 aromatic heterocycles. The largest absolute Gasteiger partial charge is 0.457 e. The Hall–Kier alpha value is -5.74. The number of nitrogens with zero attached hydrogens (tertiary/aromatic N) is 3. The van der Waals surface area contributed by atoms with Crippen LogP contribution in [0.2, 0.25) is 0 Å². The molecule has 1 aliphatic rings. The van der Waals surface area contributed by atoms with Gasteiger partial charge in [0.25, 0.3) is 15.9 Å². The number of hydrogen-bond donors (Lipinski definition) is 2. The van der Waals surface area contributed by atoms with Gasteiger partial charge in [-0.3, -0.25) is 19.4 Å². The van der Waals surface area contributed by atoms with Crippen molar-refractivity contribution in [3.05, 3.63) is 120 Å². The molecule has 2 N–H and O–H groups in total. The molecule has 2 atom stereocenters. The van der Waals surface area contributed by atoms with E-state index in [0.29, 0.717) is 28.0 Å². The summed E-state index contributed by atoms with van der Waals surface area (Å²) in [6, 6.07) is 19.6. The molecule has 1 saturated heterocycles. The van der Waals surface area contributed by atoms with Crippen LogP contribution in [0.1, 0.15) is 28.0 Å². The highest BCUT2D eigenvalue weighted by atomic mass is 32.2. The number of benzene rings is 3. The van der Waals surface area contributed by atoms with E-state index in [1.807, 2.05) is 0 Å². The van der Waals surface area contributed by atoms with Crippen molar-refractivity contribution in [2.45, 2.75) is 43.5 Å². The van der Waals surface area contributed by atoms with Crippen LogP contribution in [0, 0.1) is 12.7 Å². The second-order valence-corrected chi connectivity index (χ2v) is 13.7. The zero-order valence-electron chi connectivity index (χ0n) is 27.5. The van der Waals surface area contributed by atoms with Crippen molar-refractivity contribution >= 4 is 38.6 Å². The van der Waals surface area contributed by atoms with Crippen LogP contribution in [0.4, 0.5) is 13.2 Å². The molecule has 12 nitrogen and oxygen atoms in total. The molecule has 6 rings (SSSR count). The summed E-state index contributed by atoms with van der Waals surface area (Å²) >= 11 is 0. The maximum Gasteiger partial charge on any atom is 0.345 e. The summed E-state index contributed by atoms with van der Waals surface area (Å²) in [6.07, 6.45) is 1.47. The Kier molecular flexibility index (Phi) is 10.6. The van der Waals surface area contributed by atoms with E-state index in [1.54, 1.807) is 31.2 Å². The Balaban J connectivity index is 1.13. The molecule has 52 heavy (non-hydrogen) atoms. The lowest BCUT2D eigenvalue weighted by molar-refractivity contribution is -0.160. The number of aryl methyl sites for hydroxylation is 1. The number of carbonyl (C=O) groups excluding carboxylic acids is 3. The van der Waals surface area contributed by atoms with Gasteiger partial charge < -0.3 is 25.0 Å². The van der Waals surface area contributed by atoms with E-state index in [0.717, 1.165) is 8.87 Å². The molecule has 16 heteroatoms. The van der Waals surface area contributed by atoms with E-state index in [9.17, 15) is 36.0 Å². The average molecular weight is 736 g/mol. The first-order chi connectivity index (χ1) is 24.9. The smallest absolute Gasteiger partial charge is 0.345 e. The number of amides is 3. The van der Waals surface area contributed by atoms with Crippen LogP contribution in [-0.2, 0) is 30.9 Å². The minimum Gasteiger partial charge on any atom is -0.457 e. The first kappa shape index (κ1) is 36.1. The zero-order chi connectivity index (χ0) is 37.0. The van der Waals surface area contributed by atoms with Crippen LogP contribution in [0.25, 0.3) is 10.9 Å². The lowest BCUT2D eigenvalue weighted by Gasteiger charge is -2.24. The molecule has 0 saturated carbocycles. The van der Waals surface area contributed by atoms with Gasteiger partial charge in [-0.05, 0) is 79.2 Å². The SMILES string of the molecule is Cc1cc(F)ccc1Oc1ccc(C(=O)NCC(=O)N2C[C@H](OC(F)F)C[C@H]2C(=O)NCc2cc3cnccc3n2S(=O)(=O)c2ccccc2)cc1. The first-order valence-corrected chi connectivity index (χ1v) is 17.4. The fraction of sp³-hybridized carbons (Fsp3) is 0.222. The van der Waals surface area contributed by atoms with E-state index in [-0.39, 0.29) is 35.7 Å². The maximum absolute atomic E-state index is 13.7. The Morgan fingerprint density at radius 3 is 2.44 bits per heavy atom. The second-order valence-electron chi connectivity index (χ2n) is 11.9. The van der Waals surface area contributed by atoms with Gasteiger partial charge in [0.1, 0.15) is 23.4 Å². The maximum atomic E-state index is 13.7. The summed E-state index contributed by atoms with van der Waals surface area (Å²) in [5.41, 5.74) is 1.27.